The number of hydrogen-bond acceptors (Lipinski definition) is 4. The summed E-state index contributed by atoms with van der Waals surface area (Å²) in [6.45, 7) is 6.75. The molecule has 1 aliphatic rings. The summed E-state index contributed by atoms with van der Waals surface area (Å²) in [5, 5.41) is 4.22. The number of amides is 1. The van der Waals surface area contributed by atoms with Crippen LogP contribution in [0.4, 0.5) is 0 Å². The fourth-order valence-corrected chi connectivity index (χ4v) is 5.14. The Hall–Kier alpha value is -2.86. The molecule has 0 atom stereocenters. The number of hydrogen-bond donors (Lipinski definition) is 1. The van der Waals surface area contributed by atoms with Crippen molar-refractivity contribution in [3.05, 3.63) is 68.7 Å². The Morgan fingerprint density at radius 1 is 1.20 bits per heavy atom. The molecule has 2 heterocycles. The topological polar surface area (TPSA) is 55.6 Å². The molecule has 0 spiro atoms. The molecule has 0 unspecified atom stereocenters. The van der Waals surface area contributed by atoms with E-state index < -0.39 is 0 Å². The third-order valence-corrected chi connectivity index (χ3v) is 6.70. The van der Waals surface area contributed by atoms with Crippen LogP contribution in [0.5, 0.6) is 5.75 Å². The van der Waals surface area contributed by atoms with E-state index in [1.54, 1.807) is 17.6 Å². The second-order valence-electron chi connectivity index (χ2n) is 7.55. The maximum absolute atomic E-state index is 12.5. The van der Waals surface area contributed by atoms with Gasteiger partial charge in [-0.2, -0.15) is 5.10 Å². The van der Waals surface area contributed by atoms with Crippen molar-refractivity contribution in [1.82, 2.24) is 9.99 Å². The Balaban J connectivity index is 1.47. The molecule has 156 valence electrons. The van der Waals surface area contributed by atoms with Crippen molar-refractivity contribution in [2.75, 3.05) is 6.61 Å². The first kappa shape index (κ1) is 20.4. The van der Waals surface area contributed by atoms with Crippen LogP contribution < -0.4 is 10.2 Å². The lowest BCUT2D eigenvalue weighted by atomic mass is 9.99. The van der Waals surface area contributed by atoms with Crippen LogP contribution >= 0.6 is 11.3 Å². The summed E-state index contributed by atoms with van der Waals surface area (Å²) in [5.41, 5.74) is 8.25. The van der Waals surface area contributed by atoms with Crippen molar-refractivity contribution in [2.45, 2.75) is 46.5 Å². The van der Waals surface area contributed by atoms with Crippen LogP contribution in [0.25, 0.3) is 5.69 Å². The highest BCUT2D eigenvalue weighted by molar-refractivity contribution is 7.14. The molecule has 1 aromatic carbocycles. The van der Waals surface area contributed by atoms with Crippen molar-refractivity contribution in [3.63, 3.8) is 0 Å². The van der Waals surface area contributed by atoms with Crippen LogP contribution in [0.3, 0.4) is 0 Å². The highest BCUT2D eigenvalue weighted by Gasteiger charge is 2.17. The van der Waals surface area contributed by atoms with Crippen molar-refractivity contribution >= 4 is 23.5 Å². The Morgan fingerprint density at radius 2 is 1.97 bits per heavy atom. The van der Waals surface area contributed by atoms with E-state index in [-0.39, 0.29) is 5.91 Å². The van der Waals surface area contributed by atoms with Gasteiger partial charge in [0.2, 0.25) is 0 Å². The molecule has 30 heavy (non-hydrogen) atoms. The van der Waals surface area contributed by atoms with E-state index in [9.17, 15) is 4.79 Å². The molecule has 6 heteroatoms. The zero-order chi connectivity index (χ0) is 21.1. The Morgan fingerprint density at radius 3 is 2.70 bits per heavy atom. The summed E-state index contributed by atoms with van der Waals surface area (Å²) in [7, 11) is 0. The molecule has 0 bridgehead atoms. The molecule has 0 fully saturated rings. The predicted molar refractivity (Wildman–Crippen MR) is 122 cm³/mol. The molecule has 0 aliphatic heterocycles. The predicted octanol–water partition coefficient (Wildman–Crippen LogP) is 5.20. The van der Waals surface area contributed by atoms with Gasteiger partial charge in [-0.15, -0.1) is 11.3 Å². The van der Waals surface area contributed by atoms with E-state index in [0.717, 1.165) is 46.1 Å². The summed E-state index contributed by atoms with van der Waals surface area (Å²) in [4.78, 5) is 14.6. The minimum Gasteiger partial charge on any atom is -0.494 e. The van der Waals surface area contributed by atoms with Crippen molar-refractivity contribution in [1.29, 1.82) is 0 Å². The number of ether oxygens (including phenoxy) is 1. The van der Waals surface area contributed by atoms with Crippen LogP contribution in [-0.2, 0) is 12.8 Å². The van der Waals surface area contributed by atoms with Gasteiger partial charge in [0, 0.05) is 27.5 Å². The second-order valence-corrected chi connectivity index (χ2v) is 8.69. The molecular weight excluding hydrogens is 394 g/mol. The molecule has 1 aliphatic carbocycles. The van der Waals surface area contributed by atoms with Crippen LogP contribution in [0.2, 0.25) is 0 Å². The smallest absolute Gasteiger partial charge is 0.281 e. The van der Waals surface area contributed by atoms with E-state index in [2.05, 4.69) is 35.0 Å². The second kappa shape index (κ2) is 8.88. The normalized spacial score (nSPS) is 13.4. The van der Waals surface area contributed by atoms with Crippen molar-refractivity contribution < 1.29 is 9.53 Å². The third-order valence-electron chi connectivity index (χ3n) is 5.47. The SMILES string of the molecule is CCOc1ccc(-n2c(C)cc(/C=N\NC(=O)c3cc4c(s3)CCCC4)c2C)cc1. The van der Waals surface area contributed by atoms with Crippen molar-refractivity contribution in [3.8, 4) is 11.4 Å². The van der Waals surface area contributed by atoms with Gasteiger partial charge in [-0.3, -0.25) is 4.79 Å². The number of rotatable bonds is 6. The first-order valence-corrected chi connectivity index (χ1v) is 11.3. The number of carbonyl (C=O) groups excluding carboxylic acids is 1. The molecule has 5 nitrogen and oxygen atoms in total. The fraction of sp³-hybridized carbons (Fsp3) is 0.333. The molecule has 0 saturated heterocycles. The average Bonchev–Trinajstić information content (AvgIpc) is 3.30. The van der Waals surface area contributed by atoms with Gasteiger partial charge < -0.3 is 9.30 Å². The third kappa shape index (κ3) is 4.19. The van der Waals surface area contributed by atoms with Gasteiger partial charge in [-0.05, 0) is 88.4 Å². The summed E-state index contributed by atoms with van der Waals surface area (Å²) >= 11 is 1.60. The van der Waals surface area contributed by atoms with E-state index >= 15 is 0 Å². The molecule has 1 amide bonds. The van der Waals surface area contributed by atoms with Crippen LogP contribution in [0.15, 0.2) is 41.5 Å². The lowest BCUT2D eigenvalue weighted by Crippen LogP contribution is -2.16. The minimum absolute atomic E-state index is 0.133. The van der Waals surface area contributed by atoms with E-state index in [4.69, 9.17) is 4.74 Å². The highest BCUT2D eigenvalue weighted by atomic mass is 32.1. The number of hydrazone groups is 1. The first-order valence-electron chi connectivity index (χ1n) is 10.4. The summed E-state index contributed by atoms with van der Waals surface area (Å²) < 4.78 is 7.70. The van der Waals surface area contributed by atoms with E-state index in [0.29, 0.717) is 6.61 Å². The number of carbonyl (C=O) groups is 1. The van der Waals surface area contributed by atoms with Gasteiger partial charge in [-0.25, -0.2) is 5.43 Å². The summed E-state index contributed by atoms with van der Waals surface area (Å²) in [6.07, 6.45) is 6.33. The van der Waals surface area contributed by atoms with Gasteiger partial charge in [0.15, 0.2) is 0 Å². The van der Waals surface area contributed by atoms with Gasteiger partial charge >= 0.3 is 0 Å². The Kier molecular flexibility index (Phi) is 6.04. The fourth-order valence-electron chi connectivity index (χ4n) is 3.99. The van der Waals surface area contributed by atoms with Gasteiger partial charge in [0.25, 0.3) is 5.91 Å². The van der Waals surface area contributed by atoms with Gasteiger partial charge in [-0.1, -0.05) is 0 Å². The number of fused-ring (bicyclic) bond motifs is 1. The van der Waals surface area contributed by atoms with Gasteiger partial charge in [0.05, 0.1) is 17.7 Å². The number of aryl methyl sites for hydroxylation is 3. The lowest BCUT2D eigenvalue weighted by molar-refractivity contribution is 0.0959. The van der Waals surface area contributed by atoms with E-state index in [1.807, 2.05) is 37.3 Å². The van der Waals surface area contributed by atoms with Crippen LogP contribution in [0, 0.1) is 13.8 Å². The molecule has 3 aromatic rings. The molecule has 1 N–H and O–H groups in total. The standard InChI is InChI=1S/C24H27N3O2S/c1-4-29-21-11-9-20(10-12-21)27-16(2)13-19(17(27)3)15-25-26-24(28)23-14-18-7-5-6-8-22(18)30-23/h9-15H,4-8H2,1-3H3,(H,26,28)/b25-15-. The van der Waals surface area contributed by atoms with Crippen LogP contribution in [0.1, 0.15) is 56.8 Å². The molecule has 4 rings (SSSR count). The maximum atomic E-state index is 12.5. The molecular formula is C24H27N3O2S. The maximum Gasteiger partial charge on any atom is 0.281 e. The Labute approximate surface area is 181 Å². The average molecular weight is 422 g/mol. The van der Waals surface area contributed by atoms with E-state index in [1.165, 1.54) is 23.3 Å². The minimum atomic E-state index is -0.133. The highest BCUT2D eigenvalue weighted by Crippen LogP contribution is 2.29. The largest absolute Gasteiger partial charge is 0.494 e. The number of nitrogens with zero attached hydrogens (tertiary/aromatic N) is 2. The first-order chi connectivity index (χ1) is 14.6. The molecule has 0 radical (unpaired) electrons. The number of thiophene rings is 1. The number of nitrogens with one attached hydrogen (secondary N) is 1. The molecule has 2 aromatic heterocycles. The quantitative estimate of drug-likeness (QED) is 0.439. The number of aromatic nitrogens is 1. The van der Waals surface area contributed by atoms with Gasteiger partial charge in [0.1, 0.15) is 5.75 Å². The number of benzene rings is 1. The van der Waals surface area contributed by atoms with Crippen molar-refractivity contribution in [2.24, 2.45) is 5.10 Å². The zero-order valence-corrected chi connectivity index (χ0v) is 18.5. The summed E-state index contributed by atoms with van der Waals surface area (Å²) in [5.74, 6) is 0.731. The lowest BCUT2D eigenvalue weighted by Gasteiger charge is -2.10. The Bertz CT molecular complexity index is 1050. The zero-order valence-electron chi connectivity index (χ0n) is 17.7. The molecule has 0 saturated carbocycles. The monoisotopic (exact) mass is 421 g/mol. The van der Waals surface area contributed by atoms with Crippen LogP contribution in [-0.4, -0.2) is 23.3 Å². The summed E-state index contributed by atoms with van der Waals surface area (Å²) in [6, 6.07) is 12.2.